The van der Waals surface area contributed by atoms with Gasteiger partial charge in [0.25, 0.3) is 0 Å². The first-order valence-electron chi connectivity index (χ1n) is 9.35. The maximum absolute atomic E-state index is 12.1. The first kappa shape index (κ1) is 18.8. The lowest BCUT2D eigenvalue weighted by molar-refractivity contribution is -0.132. The Kier molecular flexibility index (Phi) is 5.28. The minimum Gasteiger partial charge on any atom is -0.338 e. The molecule has 0 spiro atoms. The Morgan fingerprint density at radius 3 is 2.46 bits per heavy atom. The molecular weight excluding hydrogens is 418 g/mol. The summed E-state index contributed by atoms with van der Waals surface area (Å²) in [6.07, 6.45) is 0. The van der Waals surface area contributed by atoms with E-state index in [0.29, 0.717) is 32.1 Å². The Labute approximate surface area is 172 Å². The summed E-state index contributed by atoms with van der Waals surface area (Å²) in [6.45, 7) is 4.36. The second kappa shape index (κ2) is 7.85. The van der Waals surface area contributed by atoms with Crippen molar-refractivity contribution >= 4 is 38.7 Å². The number of hydrogen-bond acceptors (Lipinski definition) is 5. The molecule has 3 aromatic rings. The van der Waals surface area contributed by atoms with Crippen LogP contribution in [0.15, 0.2) is 53.0 Å². The second-order valence-electron chi connectivity index (χ2n) is 7.00. The molecule has 0 radical (unpaired) electrons. The number of carbonyl (C=O) groups is 1. The monoisotopic (exact) mass is 439 g/mol. The molecule has 1 saturated heterocycles. The van der Waals surface area contributed by atoms with Crippen molar-refractivity contribution in [2.45, 2.75) is 13.0 Å². The Balaban J connectivity index is 1.69. The van der Waals surface area contributed by atoms with E-state index in [2.05, 4.69) is 39.0 Å². The van der Waals surface area contributed by atoms with Gasteiger partial charge in [-0.3, -0.25) is 4.79 Å². The van der Waals surface area contributed by atoms with Crippen molar-refractivity contribution in [3.05, 3.63) is 53.0 Å². The molecular formula is C21H22BrN5O. The molecule has 1 aromatic heterocycles. The number of nitrogens with zero attached hydrogens (tertiary/aromatic N) is 4. The maximum Gasteiger partial charge on any atom is 0.239 e. The summed E-state index contributed by atoms with van der Waals surface area (Å²) >= 11 is 3.55. The largest absolute Gasteiger partial charge is 0.338 e. The Bertz CT molecular complexity index is 1000. The predicted molar refractivity (Wildman–Crippen MR) is 115 cm³/mol. The number of benzene rings is 2. The molecule has 2 aromatic carbocycles. The van der Waals surface area contributed by atoms with Gasteiger partial charge >= 0.3 is 0 Å². The van der Waals surface area contributed by atoms with Crippen molar-refractivity contribution in [3.8, 4) is 11.3 Å². The van der Waals surface area contributed by atoms with Crippen LogP contribution in [0.5, 0.6) is 0 Å². The molecule has 28 heavy (non-hydrogen) atoms. The highest BCUT2D eigenvalue weighted by Gasteiger charge is 2.25. The zero-order valence-electron chi connectivity index (χ0n) is 15.7. The van der Waals surface area contributed by atoms with Crippen molar-refractivity contribution < 1.29 is 4.79 Å². The molecule has 1 amide bonds. The van der Waals surface area contributed by atoms with Gasteiger partial charge < -0.3 is 15.5 Å². The molecule has 7 heteroatoms. The quantitative estimate of drug-likeness (QED) is 0.678. The first-order chi connectivity index (χ1) is 13.5. The van der Waals surface area contributed by atoms with E-state index in [0.717, 1.165) is 26.6 Å². The van der Waals surface area contributed by atoms with Crippen LogP contribution in [0.1, 0.15) is 6.92 Å². The number of amides is 1. The summed E-state index contributed by atoms with van der Waals surface area (Å²) < 4.78 is 0.997. The average Bonchev–Trinajstić information content (AvgIpc) is 2.73. The smallest absolute Gasteiger partial charge is 0.239 e. The lowest BCUT2D eigenvalue weighted by atomic mass is 10.1. The molecule has 1 fully saturated rings. The Morgan fingerprint density at radius 1 is 1.07 bits per heavy atom. The molecule has 144 valence electrons. The van der Waals surface area contributed by atoms with Gasteiger partial charge in [0.15, 0.2) is 0 Å². The normalized spacial score (nSPS) is 15.7. The molecule has 2 heterocycles. The van der Waals surface area contributed by atoms with E-state index in [1.165, 1.54) is 0 Å². The van der Waals surface area contributed by atoms with E-state index in [9.17, 15) is 4.79 Å². The van der Waals surface area contributed by atoms with Gasteiger partial charge in [0.1, 0.15) is 0 Å². The molecule has 0 aliphatic carbocycles. The highest BCUT2D eigenvalue weighted by molar-refractivity contribution is 9.10. The SMILES string of the molecule is CC(N)C(=O)N1CCN(c2nc(-c3ccccc3)c3cc(Br)ccc3n2)CC1. The fourth-order valence-electron chi connectivity index (χ4n) is 3.46. The topological polar surface area (TPSA) is 75.4 Å². The van der Waals surface area contributed by atoms with Crippen molar-refractivity contribution in [2.24, 2.45) is 5.73 Å². The summed E-state index contributed by atoms with van der Waals surface area (Å²) in [5.41, 5.74) is 8.61. The zero-order valence-corrected chi connectivity index (χ0v) is 17.3. The van der Waals surface area contributed by atoms with E-state index < -0.39 is 6.04 Å². The van der Waals surface area contributed by atoms with Crippen LogP contribution in [0.2, 0.25) is 0 Å². The van der Waals surface area contributed by atoms with E-state index in [4.69, 9.17) is 15.7 Å². The summed E-state index contributed by atoms with van der Waals surface area (Å²) in [4.78, 5) is 25.8. The third-order valence-corrected chi connectivity index (χ3v) is 5.45. The molecule has 1 unspecified atom stereocenters. The van der Waals surface area contributed by atoms with Crippen LogP contribution in [0.3, 0.4) is 0 Å². The molecule has 0 saturated carbocycles. The highest BCUT2D eigenvalue weighted by Crippen LogP contribution is 2.30. The van der Waals surface area contributed by atoms with E-state index in [1.54, 1.807) is 6.92 Å². The van der Waals surface area contributed by atoms with Gasteiger partial charge in [0, 0.05) is 41.6 Å². The first-order valence-corrected chi connectivity index (χ1v) is 10.1. The average molecular weight is 440 g/mol. The van der Waals surface area contributed by atoms with Crippen LogP contribution in [0.4, 0.5) is 5.95 Å². The van der Waals surface area contributed by atoms with E-state index >= 15 is 0 Å². The van der Waals surface area contributed by atoms with Crippen molar-refractivity contribution in [3.63, 3.8) is 0 Å². The summed E-state index contributed by atoms with van der Waals surface area (Å²) in [5, 5.41) is 1.01. The predicted octanol–water partition coefficient (Wildman–Crippen LogP) is 3.06. The van der Waals surface area contributed by atoms with Gasteiger partial charge in [-0.05, 0) is 25.1 Å². The number of aromatic nitrogens is 2. The minimum atomic E-state index is -0.466. The zero-order chi connectivity index (χ0) is 19.7. The van der Waals surface area contributed by atoms with Crippen LogP contribution in [-0.4, -0.2) is 53.0 Å². The van der Waals surface area contributed by atoms with Gasteiger partial charge in [-0.1, -0.05) is 46.3 Å². The highest BCUT2D eigenvalue weighted by atomic mass is 79.9. The fraction of sp³-hybridized carbons (Fsp3) is 0.286. The third kappa shape index (κ3) is 3.72. The number of nitrogens with two attached hydrogens (primary N) is 1. The van der Waals surface area contributed by atoms with Gasteiger partial charge in [0.05, 0.1) is 17.3 Å². The van der Waals surface area contributed by atoms with Crippen LogP contribution < -0.4 is 10.6 Å². The van der Waals surface area contributed by atoms with Crippen LogP contribution in [0, 0.1) is 0 Å². The van der Waals surface area contributed by atoms with Crippen LogP contribution in [0.25, 0.3) is 22.2 Å². The van der Waals surface area contributed by atoms with Crippen molar-refractivity contribution in [1.29, 1.82) is 0 Å². The minimum absolute atomic E-state index is 0.00564. The van der Waals surface area contributed by atoms with E-state index in [-0.39, 0.29) is 5.91 Å². The molecule has 2 N–H and O–H groups in total. The van der Waals surface area contributed by atoms with Crippen LogP contribution in [-0.2, 0) is 4.79 Å². The van der Waals surface area contributed by atoms with Gasteiger partial charge in [-0.15, -0.1) is 0 Å². The number of fused-ring (bicyclic) bond motifs is 1. The van der Waals surface area contributed by atoms with Crippen molar-refractivity contribution in [2.75, 3.05) is 31.1 Å². The Hall–Kier alpha value is -2.51. The third-order valence-electron chi connectivity index (χ3n) is 4.96. The molecule has 1 aliphatic rings. The number of hydrogen-bond donors (Lipinski definition) is 1. The summed E-state index contributed by atoms with van der Waals surface area (Å²) in [7, 11) is 0. The van der Waals surface area contributed by atoms with Gasteiger partial charge in [0.2, 0.25) is 11.9 Å². The molecule has 0 bridgehead atoms. The molecule has 1 atom stereocenters. The number of anilines is 1. The maximum atomic E-state index is 12.1. The second-order valence-corrected chi connectivity index (χ2v) is 7.92. The van der Waals surface area contributed by atoms with Gasteiger partial charge in [-0.25, -0.2) is 9.97 Å². The van der Waals surface area contributed by atoms with E-state index in [1.807, 2.05) is 35.2 Å². The lowest BCUT2D eigenvalue weighted by Gasteiger charge is -2.35. The lowest BCUT2D eigenvalue weighted by Crippen LogP contribution is -2.52. The number of piperazine rings is 1. The fourth-order valence-corrected chi connectivity index (χ4v) is 3.82. The van der Waals surface area contributed by atoms with Crippen molar-refractivity contribution in [1.82, 2.24) is 14.9 Å². The summed E-state index contributed by atoms with van der Waals surface area (Å²) in [6, 6.07) is 15.7. The number of carbonyl (C=O) groups excluding carboxylic acids is 1. The number of rotatable bonds is 3. The molecule has 1 aliphatic heterocycles. The Morgan fingerprint density at radius 2 is 1.79 bits per heavy atom. The summed E-state index contributed by atoms with van der Waals surface area (Å²) in [5.74, 6) is 0.690. The number of halogens is 1. The standard InChI is InChI=1S/C21H22BrN5O/c1-14(23)20(28)26-9-11-27(12-10-26)21-24-18-8-7-16(22)13-17(18)19(25-21)15-5-3-2-4-6-15/h2-8,13-14H,9-12,23H2,1H3. The van der Waals surface area contributed by atoms with Gasteiger partial charge in [-0.2, -0.15) is 0 Å². The molecule has 4 rings (SSSR count). The van der Waals surface area contributed by atoms with Crippen LogP contribution >= 0.6 is 15.9 Å². The molecule has 6 nitrogen and oxygen atoms in total.